The molecule has 1 aromatic rings. The molecule has 2 heteroatoms. The third-order valence-electron chi connectivity index (χ3n) is 3.65. The van der Waals surface area contributed by atoms with Gasteiger partial charge in [-0.25, -0.2) is 0 Å². The highest BCUT2D eigenvalue weighted by atomic mass is 32.1. The first-order valence-electron chi connectivity index (χ1n) is 6.56. The highest BCUT2D eigenvalue weighted by molar-refractivity contribution is 7.07. The van der Waals surface area contributed by atoms with Crippen molar-refractivity contribution >= 4 is 11.3 Å². The average molecular weight is 237 g/mol. The van der Waals surface area contributed by atoms with E-state index in [0.29, 0.717) is 0 Å². The second kappa shape index (κ2) is 6.41. The molecular weight excluding hydrogens is 214 g/mol. The molecule has 0 saturated heterocycles. The lowest BCUT2D eigenvalue weighted by Crippen LogP contribution is -2.28. The number of thiophene rings is 1. The highest BCUT2D eigenvalue weighted by Crippen LogP contribution is 2.27. The van der Waals surface area contributed by atoms with Crippen LogP contribution in [-0.4, -0.2) is 13.1 Å². The minimum Gasteiger partial charge on any atom is -0.316 e. The van der Waals surface area contributed by atoms with Crippen LogP contribution in [0.5, 0.6) is 0 Å². The van der Waals surface area contributed by atoms with Gasteiger partial charge in [-0.15, -0.1) is 0 Å². The summed E-state index contributed by atoms with van der Waals surface area (Å²) in [6.07, 6.45) is 6.95. The van der Waals surface area contributed by atoms with Gasteiger partial charge in [0.25, 0.3) is 0 Å². The fraction of sp³-hybridized carbons (Fsp3) is 0.714. The third-order valence-corrected chi connectivity index (χ3v) is 4.38. The Bertz CT molecular complexity index is 281. The van der Waals surface area contributed by atoms with Crippen LogP contribution in [0.3, 0.4) is 0 Å². The lowest BCUT2D eigenvalue weighted by molar-refractivity contribution is 0.275. The largest absolute Gasteiger partial charge is 0.316 e. The molecule has 90 valence electrons. The van der Waals surface area contributed by atoms with E-state index in [0.717, 1.165) is 18.4 Å². The van der Waals surface area contributed by atoms with Crippen LogP contribution in [0.25, 0.3) is 0 Å². The van der Waals surface area contributed by atoms with Gasteiger partial charge in [-0.2, -0.15) is 11.3 Å². The maximum absolute atomic E-state index is 3.62. The molecule has 2 atom stereocenters. The van der Waals surface area contributed by atoms with Gasteiger partial charge in [0.1, 0.15) is 0 Å². The van der Waals surface area contributed by atoms with Crippen LogP contribution in [0.4, 0.5) is 0 Å². The van der Waals surface area contributed by atoms with E-state index in [1.807, 2.05) is 0 Å². The lowest BCUT2D eigenvalue weighted by Gasteiger charge is -2.26. The van der Waals surface area contributed by atoms with Gasteiger partial charge < -0.3 is 5.32 Å². The average Bonchev–Trinajstić information content (AvgIpc) is 2.77. The van der Waals surface area contributed by atoms with Crippen molar-refractivity contribution in [1.29, 1.82) is 0 Å². The zero-order chi connectivity index (χ0) is 11.2. The summed E-state index contributed by atoms with van der Waals surface area (Å²) in [5.74, 6) is 1.89. The van der Waals surface area contributed by atoms with Crippen LogP contribution in [-0.2, 0) is 6.42 Å². The predicted molar refractivity (Wildman–Crippen MR) is 72.0 cm³/mol. The Kier molecular flexibility index (Phi) is 4.86. The van der Waals surface area contributed by atoms with Gasteiger partial charge in [0.05, 0.1) is 0 Å². The maximum atomic E-state index is 3.62. The summed E-state index contributed by atoms with van der Waals surface area (Å²) >= 11 is 1.80. The molecule has 2 rings (SSSR count). The molecule has 0 aliphatic heterocycles. The van der Waals surface area contributed by atoms with Gasteiger partial charge >= 0.3 is 0 Å². The predicted octanol–water partition coefficient (Wildman–Crippen LogP) is 3.71. The minimum absolute atomic E-state index is 0.936. The van der Waals surface area contributed by atoms with Crippen LogP contribution < -0.4 is 5.32 Å². The van der Waals surface area contributed by atoms with Crippen LogP contribution in [0.2, 0.25) is 0 Å². The summed E-state index contributed by atoms with van der Waals surface area (Å²) in [4.78, 5) is 0. The topological polar surface area (TPSA) is 12.0 Å². The van der Waals surface area contributed by atoms with Crippen LogP contribution in [0, 0.1) is 11.8 Å². The SMILES string of the molecule is CC1CCCC(CNCCc2ccsc2)C1. The molecule has 2 unspecified atom stereocenters. The quantitative estimate of drug-likeness (QED) is 0.770. The van der Waals surface area contributed by atoms with Crippen LogP contribution in [0.15, 0.2) is 16.8 Å². The first-order valence-corrected chi connectivity index (χ1v) is 7.50. The van der Waals surface area contributed by atoms with Crippen LogP contribution in [0.1, 0.15) is 38.2 Å². The molecule has 1 fully saturated rings. The molecule has 1 heterocycles. The van der Waals surface area contributed by atoms with Crippen molar-refractivity contribution in [2.24, 2.45) is 11.8 Å². The van der Waals surface area contributed by atoms with Gasteiger partial charge in [-0.3, -0.25) is 0 Å². The molecule has 0 amide bonds. The minimum atomic E-state index is 0.936. The second-order valence-corrected chi connectivity index (χ2v) is 6.00. The summed E-state index contributed by atoms with van der Waals surface area (Å²) < 4.78 is 0. The first-order chi connectivity index (χ1) is 7.84. The van der Waals surface area contributed by atoms with E-state index in [4.69, 9.17) is 0 Å². The molecule has 1 aliphatic carbocycles. The molecular formula is C14H23NS. The molecule has 1 nitrogen and oxygen atoms in total. The smallest absolute Gasteiger partial charge is 0.000794 e. The normalized spacial score (nSPS) is 25.8. The molecule has 1 aliphatic rings. The number of hydrogen-bond acceptors (Lipinski definition) is 2. The Labute approximate surface area is 103 Å². The zero-order valence-electron chi connectivity index (χ0n) is 10.2. The van der Waals surface area contributed by atoms with Crippen molar-refractivity contribution in [2.75, 3.05) is 13.1 Å². The maximum Gasteiger partial charge on any atom is -0.000794 e. The van der Waals surface area contributed by atoms with Gasteiger partial charge in [0.15, 0.2) is 0 Å². The van der Waals surface area contributed by atoms with E-state index in [1.165, 1.54) is 44.2 Å². The van der Waals surface area contributed by atoms with Gasteiger partial charge in [-0.1, -0.05) is 19.8 Å². The van der Waals surface area contributed by atoms with Crippen molar-refractivity contribution in [3.8, 4) is 0 Å². The van der Waals surface area contributed by atoms with E-state index in [-0.39, 0.29) is 0 Å². The monoisotopic (exact) mass is 237 g/mol. The van der Waals surface area contributed by atoms with E-state index in [9.17, 15) is 0 Å². The number of nitrogens with one attached hydrogen (secondary N) is 1. The van der Waals surface area contributed by atoms with E-state index in [1.54, 1.807) is 11.3 Å². The molecule has 0 bridgehead atoms. The van der Waals surface area contributed by atoms with Gasteiger partial charge in [0, 0.05) is 0 Å². The molecule has 1 saturated carbocycles. The Morgan fingerprint density at radius 2 is 2.38 bits per heavy atom. The Morgan fingerprint density at radius 3 is 3.12 bits per heavy atom. The number of hydrogen-bond donors (Lipinski definition) is 1. The second-order valence-electron chi connectivity index (χ2n) is 5.22. The molecule has 0 aromatic carbocycles. The Hall–Kier alpha value is -0.340. The Balaban J connectivity index is 1.57. The summed E-state index contributed by atoms with van der Waals surface area (Å²) in [5, 5.41) is 8.04. The summed E-state index contributed by atoms with van der Waals surface area (Å²) in [6, 6.07) is 2.23. The lowest BCUT2D eigenvalue weighted by atomic mass is 9.82. The summed E-state index contributed by atoms with van der Waals surface area (Å²) in [5.41, 5.74) is 1.48. The van der Waals surface area contributed by atoms with E-state index < -0.39 is 0 Å². The van der Waals surface area contributed by atoms with Gasteiger partial charge in [-0.05, 0) is 66.6 Å². The van der Waals surface area contributed by atoms with Crippen molar-refractivity contribution in [2.45, 2.75) is 39.0 Å². The van der Waals surface area contributed by atoms with Crippen molar-refractivity contribution < 1.29 is 0 Å². The van der Waals surface area contributed by atoms with Gasteiger partial charge in [0.2, 0.25) is 0 Å². The molecule has 0 spiro atoms. The van der Waals surface area contributed by atoms with E-state index in [2.05, 4.69) is 29.1 Å². The first kappa shape index (κ1) is 12.1. The Morgan fingerprint density at radius 1 is 1.44 bits per heavy atom. The fourth-order valence-corrected chi connectivity index (χ4v) is 3.42. The van der Waals surface area contributed by atoms with E-state index >= 15 is 0 Å². The van der Waals surface area contributed by atoms with Crippen molar-refractivity contribution in [3.63, 3.8) is 0 Å². The summed E-state index contributed by atoms with van der Waals surface area (Å²) in [6.45, 7) is 4.77. The van der Waals surface area contributed by atoms with Crippen molar-refractivity contribution in [1.82, 2.24) is 5.32 Å². The third kappa shape index (κ3) is 3.91. The zero-order valence-corrected chi connectivity index (χ0v) is 11.1. The molecule has 1 N–H and O–H groups in total. The van der Waals surface area contributed by atoms with Crippen molar-refractivity contribution in [3.05, 3.63) is 22.4 Å². The number of rotatable bonds is 5. The molecule has 16 heavy (non-hydrogen) atoms. The fourth-order valence-electron chi connectivity index (χ4n) is 2.72. The summed E-state index contributed by atoms with van der Waals surface area (Å²) in [7, 11) is 0. The molecule has 1 aromatic heterocycles. The highest BCUT2D eigenvalue weighted by Gasteiger charge is 2.17. The molecule has 0 radical (unpaired) electrons. The standard InChI is InChI=1S/C14H23NS/c1-12-3-2-4-14(9-12)10-15-7-5-13-6-8-16-11-13/h6,8,11-12,14-15H,2-5,7,9-10H2,1H3. The van der Waals surface area contributed by atoms with Crippen LogP contribution >= 0.6 is 11.3 Å².